The summed E-state index contributed by atoms with van der Waals surface area (Å²) in [5.74, 6) is 0.179. The average molecular weight is 263 g/mol. The number of carbonyl (C=O) groups is 1. The van der Waals surface area contributed by atoms with E-state index in [0.29, 0.717) is 12.1 Å². The molecule has 2 heterocycles. The lowest BCUT2D eigenvalue weighted by Crippen LogP contribution is -2.48. The van der Waals surface area contributed by atoms with Gasteiger partial charge in [-0.05, 0) is 52.3 Å². The summed E-state index contributed by atoms with van der Waals surface area (Å²) in [5, 5.41) is 3.20. The third kappa shape index (κ3) is 3.00. The highest BCUT2D eigenvalue weighted by Gasteiger charge is 2.28. The molecular weight excluding hydrogens is 238 g/mol. The first kappa shape index (κ1) is 14.1. The van der Waals surface area contributed by atoms with Crippen molar-refractivity contribution in [2.24, 2.45) is 0 Å². The highest BCUT2D eigenvalue weighted by molar-refractivity contribution is 5.93. The van der Waals surface area contributed by atoms with E-state index >= 15 is 0 Å². The van der Waals surface area contributed by atoms with Crippen molar-refractivity contribution in [2.45, 2.75) is 45.2 Å². The van der Waals surface area contributed by atoms with Crippen molar-refractivity contribution in [3.8, 4) is 0 Å². The van der Waals surface area contributed by atoms with E-state index in [2.05, 4.69) is 23.7 Å². The maximum atomic E-state index is 12.7. The lowest BCUT2D eigenvalue weighted by Gasteiger charge is -2.36. The summed E-state index contributed by atoms with van der Waals surface area (Å²) in [6.07, 6.45) is 5.44. The summed E-state index contributed by atoms with van der Waals surface area (Å²) in [7, 11) is 1.95. The van der Waals surface area contributed by atoms with Gasteiger partial charge in [-0.15, -0.1) is 0 Å². The van der Waals surface area contributed by atoms with Gasteiger partial charge in [-0.25, -0.2) is 0 Å². The highest BCUT2D eigenvalue weighted by Crippen LogP contribution is 2.21. The number of rotatable bonds is 4. The fourth-order valence-electron chi connectivity index (χ4n) is 2.89. The molecule has 0 radical (unpaired) electrons. The number of piperidine rings is 1. The molecule has 1 unspecified atom stereocenters. The first-order chi connectivity index (χ1) is 9.15. The van der Waals surface area contributed by atoms with Crippen LogP contribution in [-0.2, 0) is 0 Å². The number of aromatic nitrogens is 1. The van der Waals surface area contributed by atoms with Crippen molar-refractivity contribution in [3.63, 3.8) is 0 Å². The molecule has 1 aromatic heterocycles. The fourth-order valence-corrected chi connectivity index (χ4v) is 2.89. The van der Waals surface area contributed by atoms with Crippen LogP contribution < -0.4 is 5.32 Å². The smallest absolute Gasteiger partial charge is 0.270 e. The number of hydrogen-bond acceptors (Lipinski definition) is 2. The van der Waals surface area contributed by atoms with E-state index in [-0.39, 0.29) is 5.91 Å². The summed E-state index contributed by atoms with van der Waals surface area (Å²) in [6, 6.07) is 4.56. The van der Waals surface area contributed by atoms with E-state index in [1.165, 1.54) is 6.42 Å². The summed E-state index contributed by atoms with van der Waals surface area (Å²) in [4.78, 5) is 14.8. The van der Waals surface area contributed by atoms with Crippen molar-refractivity contribution in [2.75, 3.05) is 20.1 Å². The molecule has 19 heavy (non-hydrogen) atoms. The van der Waals surface area contributed by atoms with Crippen molar-refractivity contribution >= 4 is 5.91 Å². The molecule has 1 aliphatic rings. The summed E-state index contributed by atoms with van der Waals surface area (Å²) < 4.78 is 2.06. The van der Waals surface area contributed by atoms with Crippen LogP contribution in [0.15, 0.2) is 18.3 Å². The lowest BCUT2D eigenvalue weighted by molar-refractivity contribution is 0.0602. The average Bonchev–Trinajstić information content (AvgIpc) is 2.88. The summed E-state index contributed by atoms with van der Waals surface area (Å²) >= 11 is 0. The summed E-state index contributed by atoms with van der Waals surface area (Å²) in [5.41, 5.74) is 0.818. The van der Waals surface area contributed by atoms with Gasteiger partial charge >= 0.3 is 0 Å². The largest absolute Gasteiger partial charge is 0.341 e. The Morgan fingerprint density at radius 2 is 2.26 bits per heavy atom. The third-order valence-electron chi connectivity index (χ3n) is 3.88. The molecule has 4 nitrogen and oxygen atoms in total. The number of carbonyl (C=O) groups excluding carboxylic acids is 1. The Hall–Kier alpha value is -1.29. The first-order valence-electron chi connectivity index (χ1n) is 7.27. The fraction of sp³-hybridized carbons (Fsp3) is 0.667. The molecule has 1 aliphatic heterocycles. The second-order valence-electron chi connectivity index (χ2n) is 5.60. The van der Waals surface area contributed by atoms with E-state index in [4.69, 9.17) is 0 Å². The van der Waals surface area contributed by atoms with Crippen molar-refractivity contribution in [1.82, 2.24) is 14.8 Å². The molecule has 0 aliphatic carbocycles. The van der Waals surface area contributed by atoms with E-state index in [1.807, 2.05) is 30.3 Å². The van der Waals surface area contributed by atoms with Crippen LogP contribution in [-0.4, -0.2) is 41.6 Å². The van der Waals surface area contributed by atoms with Crippen LogP contribution >= 0.6 is 0 Å². The number of amides is 1. The molecule has 1 N–H and O–H groups in total. The second kappa shape index (κ2) is 6.24. The first-order valence-corrected chi connectivity index (χ1v) is 7.27. The zero-order chi connectivity index (χ0) is 13.8. The van der Waals surface area contributed by atoms with Crippen molar-refractivity contribution < 1.29 is 4.79 Å². The molecule has 1 fully saturated rings. The van der Waals surface area contributed by atoms with Gasteiger partial charge in [0.15, 0.2) is 0 Å². The van der Waals surface area contributed by atoms with Crippen LogP contribution in [0.2, 0.25) is 0 Å². The maximum Gasteiger partial charge on any atom is 0.270 e. The molecule has 0 spiro atoms. The minimum atomic E-state index is 0.179. The van der Waals surface area contributed by atoms with Crippen LogP contribution in [0.1, 0.15) is 49.6 Å². The Bertz CT molecular complexity index is 423. The Morgan fingerprint density at radius 3 is 2.95 bits per heavy atom. The van der Waals surface area contributed by atoms with Gasteiger partial charge in [0.2, 0.25) is 0 Å². The zero-order valence-electron chi connectivity index (χ0n) is 12.2. The number of hydrogen-bond donors (Lipinski definition) is 1. The molecule has 0 bridgehead atoms. The molecule has 1 saturated heterocycles. The molecule has 0 aromatic carbocycles. The van der Waals surface area contributed by atoms with Crippen LogP contribution in [0.25, 0.3) is 0 Å². The number of nitrogens with zero attached hydrogens (tertiary/aromatic N) is 2. The molecular formula is C15H25N3O. The third-order valence-corrected chi connectivity index (χ3v) is 3.88. The molecule has 1 atom stereocenters. The van der Waals surface area contributed by atoms with E-state index in [0.717, 1.165) is 31.6 Å². The Kier molecular flexibility index (Phi) is 4.64. The second-order valence-corrected chi connectivity index (χ2v) is 5.60. The molecule has 106 valence electrons. The predicted molar refractivity (Wildman–Crippen MR) is 77.4 cm³/mol. The lowest BCUT2D eigenvalue weighted by atomic mass is 10.0. The van der Waals surface area contributed by atoms with Crippen molar-refractivity contribution in [1.29, 1.82) is 0 Å². The van der Waals surface area contributed by atoms with Crippen LogP contribution in [0.3, 0.4) is 0 Å². The van der Waals surface area contributed by atoms with Gasteiger partial charge in [-0.2, -0.15) is 0 Å². The quantitative estimate of drug-likeness (QED) is 0.905. The van der Waals surface area contributed by atoms with Gasteiger partial charge < -0.3 is 14.8 Å². The van der Waals surface area contributed by atoms with Crippen LogP contribution in [0.5, 0.6) is 0 Å². The Labute approximate surface area is 115 Å². The number of likely N-dealkylation sites (N-methyl/N-ethyl adjacent to an activating group) is 1. The van der Waals surface area contributed by atoms with Gasteiger partial charge in [-0.3, -0.25) is 4.79 Å². The standard InChI is InChI=1S/C15H25N3O/c1-12(2)17-10-6-8-14(17)15(19)18-9-5-4-7-13(18)11-16-3/h6,8,10,12-13,16H,4-5,7,9,11H2,1-3H3. The molecule has 1 aromatic rings. The predicted octanol–water partition coefficient (Wildman–Crippen LogP) is 2.28. The number of nitrogens with one attached hydrogen (secondary N) is 1. The van der Waals surface area contributed by atoms with E-state index < -0.39 is 0 Å². The van der Waals surface area contributed by atoms with Gasteiger partial charge in [0.05, 0.1) is 0 Å². The topological polar surface area (TPSA) is 37.3 Å². The van der Waals surface area contributed by atoms with Gasteiger partial charge in [-0.1, -0.05) is 0 Å². The molecule has 2 rings (SSSR count). The van der Waals surface area contributed by atoms with Crippen molar-refractivity contribution in [3.05, 3.63) is 24.0 Å². The van der Waals surface area contributed by atoms with Gasteiger partial charge in [0, 0.05) is 31.4 Å². The Morgan fingerprint density at radius 1 is 1.47 bits per heavy atom. The number of likely N-dealkylation sites (tertiary alicyclic amines) is 1. The Balaban J connectivity index is 2.19. The van der Waals surface area contributed by atoms with E-state index in [1.54, 1.807) is 0 Å². The van der Waals surface area contributed by atoms with Crippen LogP contribution in [0.4, 0.5) is 0 Å². The normalized spacial score (nSPS) is 20.0. The monoisotopic (exact) mass is 263 g/mol. The zero-order valence-corrected chi connectivity index (χ0v) is 12.2. The maximum absolute atomic E-state index is 12.7. The minimum absolute atomic E-state index is 0.179. The molecule has 1 amide bonds. The van der Waals surface area contributed by atoms with Crippen LogP contribution in [0, 0.1) is 0 Å². The minimum Gasteiger partial charge on any atom is -0.341 e. The van der Waals surface area contributed by atoms with Gasteiger partial charge in [0.1, 0.15) is 5.69 Å². The summed E-state index contributed by atoms with van der Waals surface area (Å²) in [6.45, 7) is 5.98. The molecule has 0 saturated carbocycles. The van der Waals surface area contributed by atoms with Gasteiger partial charge in [0.25, 0.3) is 5.91 Å². The molecule has 4 heteroatoms. The SMILES string of the molecule is CNCC1CCCCN1C(=O)c1cccn1C(C)C. The van der Waals surface area contributed by atoms with E-state index in [9.17, 15) is 4.79 Å². The highest BCUT2D eigenvalue weighted by atomic mass is 16.2.